The van der Waals surface area contributed by atoms with Gasteiger partial charge < -0.3 is 14.8 Å². The first-order valence-corrected chi connectivity index (χ1v) is 8.09. The number of nitrogens with one attached hydrogen (secondary N) is 1. The Kier molecular flexibility index (Phi) is 10.1. The van der Waals surface area contributed by atoms with Crippen molar-refractivity contribution in [2.45, 2.75) is 33.1 Å². The van der Waals surface area contributed by atoms with E-state index in [-0.39, 0.29) is 0 Å². The lowest BCUT2D eigenvalue weighted by Gasteiger charge is -2.19. The molecule has 1 rings (SSSR count). The fraction of sp³-hybridized carbons (Fsp3) is 0.667. The molecule has 0 spiro atoms. The fourth-order valence-corrected chi connectivity index (χ4v) is 2.40. The SMILES string of the molecule is CCCOCCC(CNCCOC)Cc1ccccc1C. The molecular weight excluding hydrogens is 262 g/mol. The van der Waals surface area contributed by atoms with Gasteiger partial charge in [-0.2, -0.15) is 0 Å². The van der Waals surface area contributed by atoms with Crippen molar-refractivity contribution >= 4 is 0 Å². The van der Waals surface area contributed by atoms with E-state index < -0.39 is 0 Å². The van der Waals surface area contributed by atoms with Crippen molar-refractivity contribution < 1.29 is 9.47 Å². The van der Waals surface area contributed by atoms with Gasteiger partial charge in [0, 0.05) is 26.9 Å². The van der Waals surface area contributed by atoms with Crippen molar-refractivity contribution in [1.29, 1.82) is 0 Å². The highest BCUT2D eigenvalue weighted by Crippen LogP contribution is 2.15. The third-order valence-corrected chi connectivity index (χ3v) is 3.70. The minimum absolute atomic E-state index is 0.611. The Morgan fingerprint density at radius 1 is 1.14 bits per heavy atom. The van der Waals surface area contributed by atoms with E-state index in [9.17, 15) is 0 Å². The molecule has 1 unspecified atom stereocenters. The summed E-state index contributed by atoms with van der Waals surface area (Å²) in [5.74, 6) is 0.611. The van der Waals surface area contributed by atoms with Crippen molar-refractivity contribution in [3.8, 4) is 0 Å². The summed E-state index contributed by atoms with van der Waals surface area (Å²) < 4.78 is 10.7. The molecule has 1 aromatic rings. The predicted octanol–water partition coefficient (Wildman–Crippen LogP) is 3.21. The van der Waals surface area contributed by atoms with Crippen LogP contribution in [0.4, 0.5) is 0 Å². The minimum Gasteiger partial charge on any atom is -0.383 e. The van der Waals surface area contributed by atoms with E-state index in [1.54, 1.807) is 7.11 Å². The smallest absolute Gasteiger partial charge is 0.0587 e. The predicted molar refractivity (Wildman–Crippen MR) is 88.8 cm³/mol. The van der Waals surface area contributed by atoms with E-state index in [0.717, 1.165) is 52.2 Å². The standard InChI is InChI=1S/C18H31NO2/c1-4-11-21-12-9-17(15-19-10-13-20-3)14-18-8-6-5-7-16(18)2/h5-8,17,19H,4,9-15H2,1-3H3. The first kappa shape index (κ1) is 18.1. The van der Waals surface area contributed by atoms with Crippen LogP contribution in [0.15, 0.2) is 24.3 Å². The zero-order chi connectivity index (χ0) is 15.3. The number of rotatable bonds is 12. The maximum Gasteiger partial charge on any atom is 0.0587 e. The highest BCUT2D eigenvalue weighted by atomic mass is 16.5. The van der Waals surface area contributed by atoms with Crippen molar-refractivity contribution in [1.82, 2.24) is 5.32 Å². The first-order chi connectivity index (χ1) is 10.3. The van der Waals surface area contributed by atoms with Crippen LogP contribution in [-0.2, 0) is 15.9 Å². The van der Waals surface area contributed by atoms with E-state index in [4.69, 9.17) is 9.47 Å². The van der Waals surface area contributed by atoms with Gasteiger partial charge in [-0.25, -0.2) is 0 Å². The van der Waals surface area contributed by atoms with Crippen LogP contribution in [-0.4, -0.2) is 40.0 Å². The molecule has 21 heavy (non-hydrogen) atoms. The molecule has 3 nitrogen and oxygen atoms in total. The zero-order valence-corrected chi connectivity index (χ0v) is 13.9. The molecule has 0 bridgehead atoms. The Morgan fingerprint density at radius 2 is 1.95 bits per heavy atom. The molecule has 0 amide bonds. The molecule has 0 saturated heterocycles. The number of hydrogen-bond acceptors (Lipinski definition) is 3. The maximum absolute atomic E-state index is 5.66. The highest BCUT2D eigenvalue weighted by molar-refractivity contribution is 5.25. The lowest BCUT2D eigenvalue weighted by atomic mass is 9.94. The molecule has 0 aliphatic carbocycles. The molecule has 3 heteroatoms. The Morgan fingerprint density at radius 3 is 2.67 bits per heavy atom. The van der Waals surface area contributed by atoms with Gasteiger partial charge in [0.15, 0.2) is 0 Å². The fourth-order valence-electron chi connectivity index (χ4n) is 2.40. The van der Waals surface area contributed by atoms with Gasteiger partial charge in [0.05, 0.1) is 6.61 Å². The lowest BCUT2D eigenvalue weighted by molar-refractivity contribution is 0.119. The van der Waals surface area contributed by atoms with Crippen LogP contribution >= 0.6 is 0 Å². The summed E-state index contributed by atoms with van der Waals surface area (Å²) >= 11 is 0. The largest absolute Gasteiger partial charge is 0.383 e. The Bertz CT molecular complexity index is 356. The van der Waals surface area contributed by atoms with E-state index >= 15 is 0 Å². The van der Waals surface area contributed by atoms with Crippen molar-refractivity contribution in [2.24, 2.45) is 5.92 Å². The van der Waals surface area contributed by atoms with Crippen molar-refractivity contribution in [3.63, 3.8) is 0 Å². The molecule has 120 valence electrons. The summed E-state index contributed by atoms with van der Waals surface area (Å²) in [4.78, 5) is 0. The zero-order valence-electron chi connectivity index (χ0n) is 13.9. The Labute approximate surface area is 130 Å². The van der Waals surface area contributed by atoms with Gasteiger partial charge >= 0.3 is 0 Å². The Hall–Kier alpha value is -0.900. The first-order valence-electron chi connectivity index (χ1n) is 8.09. The third kappa shape index (κ3) is 8.20. The summed E-state index contributed by atoms with van der Waals surface area (Å²) in [6.45, 7) is 8.77. The highest BCUT2D eigenvalue weighted by Gasteiger charge is 2.11. The molecule has 0 heterocycles. The molecule has 0 aromatic heterocycles. The molecule has 1 atom stereocenters. The quantitative estimate of drug-likeness (QED) is 0.600. The van der Waals surface area contributed by atoms with Crippen molar-refractivity contribution in [3.05, 3.63) is 35.4 Å². The van der Waals surface area contributed by atoms with Gasteiger partial charge in [0.2, 0.25) is 0 Å². The lowest BCUT2D eigenvalue weighted by Crippen LogP contribution is -2.28. The van der Waals surface area contributed by atoms with Crippen LogP contribution in [0.1, 0.15) is 30.9 Å². The van der Waals surface area contributed by atoms with Crippen LogP contribution in [0.2, 0.25) is 0 Å². The van der Waals surface area contributed by atoms with Crippen LogP contribution in [0.5, 0.6) is 0 Å². The van der Waals surface area contributed by atoms with E-state index in [2.05, 4.69) is 43.4 Å². The van der Waals surface area contributed by atoms with Crippen LogP contribution in [0.25, 0.3) is 0 Å². The third-order valence-electron chi connectivity index (χ3n) is 3.70. The molecule has 1 aromatic carbocycles. The maximum atomic E-state index is 5.66. The van der Waals surface area contributed by atoms with Crippen molar-refractivity contribution in [2.75, 3.05) is 40.0 Å². The second-order valence-corrected chi connectivity index (χ2v) is 5.59. The average molecular weight is 293 g/mol. The van der Waals surface area contributed by atoms with Gasteiger partial charge in [0.25, 0.3) is 0 Å². The minimum atomic E-state index is 0.611. The second-order valence-electron chi connectivity index (χ2n) is 5.59. The van der Waals surface area contributed by atoms with Crippen LogP contribution in [0.3, 0.4) is 0 Å². The average Bonchev–Trinajstić information content (AvgIpc) is 2.50. The van der Waals surface area contributed by atoms with E-state index in [1.165, 1.54) is 11.1 Å². The van der Waals surface area contributed by atoms with Gasteiger partial charge in [0.1, 0.15) is 0 Å². The van der Waals surface area contributed by atoms with Gasteiger partial charge in [-0.1, -0.05) is 31.2 Å². The molecule has 0 aliphatic heterocycles. The topological polar surface area (TPSA) is 30.5 Å². The number of benzene rings is 1. The second kappa shape index (κ2) is 11.7. The van der Waals surface area contributed by atoms with E-state index in [1.807, 2.05) is 0 Å². The van der Waals surface area contributed by atoms with Gasteiger partial charge in [-0.05, 0) is 49.8 Å². The number of hydrogen-bond donors (Lipinski definition) is 1. The normalized spacial score (nSPS) is 12.5. The Balaban J connectivity index is 2.44. The molecule has 0 aliphatic rings. The monoisotopic (exact) mass is 293 g/mol. The summed E-state index contributed by atoms with van der Waals surface area (Å²) in [7, 11) is 1.74. The molecule has 1 N–H and O–H groups in total. The number of aryl methyl sites for hydroxylation is 1. The molecule has 0 saturated carbocycles. The summed E-state index contributed by atoms with van der Waals surface area (Å²) in [6.07, 6.45) is 3.31. The molecule has 0 fully saturated rings. The number of methoxy groups -OCH3 is 1. The van der Waals surface area contributed by atoms with Gasteiger partial charge in [-0.15, -0.1) is 0 Å². The summed E-state index contributed by atoms with van der Waals surface area (Å²) in [5, 5.41) is 3.49. The summed E-state index contributed by atoms with van der Waals surface area (Å²) in [6, 6.07) is 8.67. The van der Waals surface area contributed by atoms with Crippen LogP contribution in [0, 0.1) is 12.8 Å². The molecule has 0 radical (unpaired) electrons. The van der Waals surface area contributed by atoms with E-state index in [0.29, 0.717) is 5.92 Å². The number of ether oxygens (including phenoxy) is 2. The molecular formula is C18H31NO2. The van der Waals surface area contributed by atoms with Gasteiger partial charge in [-0.3, -0.25) is 0 Å². The summed E-state index contributed by atoms with van der Waals surface area (Å²) in [5.41, 5.74) is 2.83. The van der Waals surface area contributed by atoms with Crippen LogP contribution < -0.4 is 5.32 Å².